The second-order valence-corrected chi connectivity index (χ2v) is 7.57. The summed E-state index contributed by atoms with van der Waals surface area (Å²) in [5.74, 6) is 1.91. The van der Waals surface area contributed by atoms with Crippen LogP contribution in [0, 0.1) is 5.82 Å². The molecule has 0 unspecified atom stereocenters. The molecule has 1 aliphatic carbocycles. The summed E-state index contributed by atoms with van der Waals surface area (Å²) in [6.07, 6.45) is 8.40. The van der Waals surface area contributed by atoms with Crippen molar-refractivity contribution in [2.45, 2.75) is 31.8 Å². The summed E-state index contributed by atoms with van der Waals surface area (Å²) < 4.78 is 20.7. The predicted molar refractivity (Wildman–Crippen MR) is 111 cm³/mol. The quantitative estimate of drug-likeness (QED) is 0.581. The molecule has 0 amide bonds. The lowest BCUT2D eigenvalue weighted by Gasteiger charge is -2.27. The number of anilines is 4. The van der Waals surface area contributed by atoms with Gasteiger partial charge in [0.1, 0.15) is 5.82 Å². The van der Waals surface area contributed by atoms with E-state index >= 15 is 0 Å². The van der Waals surface area contributed by atoms with Gasteiger partial charge >= 0.3 is 0 Å². The van der Waals surface area contributed by atoms with E-state index in [0.29, 0.717) is 61.8 Å². The van der Waals surface area contributed by atoms with Crippen molar-refractivity contribution in [2.24, 2.45) is 0 Å². The Kier molecular flexibility index (Phi) is 5.28. The molecule has 12 heteroatoms. The van der Waals surface area contributed by atoms with Crippen molar-refractivity contribution < 1.29 is 9.13 Å². The van der Waals surface area contributed by atoms with Gasteiger partial charge < -0.3 is 24.8 Å². The SMILES string of the molecule is C[C@H](Nc1nc(Nc2cn(C3CC3)cn2)nc(N2CCOCC2)n1)c1ncc(F)cn1. The summed E-state index contributed by atoms with van der Waals surface area (Å²) in [5.41, 5.74) is 0. The number of hydrogen-bond acceptors (Lipinski definition) is 10. The average Bonchev–Trinajstić information content (AvgIpc) is 3.54. The maximum Gasteiger partial charge on any atom is 0.235 e. The third kappa shape index (κ3) is 4.68. The number of nitrogens with one attached hydrogen (secondary N) is 2. The first-order chi connectivity index (χ1) is 15.1. The van der Waals surface area contributed by atoms with Gasteiger partial charge in [-0.05, 0) is 19.8 Å². The Bertz CT molecular complexity index is 1030. The van der Waals surface area contributed by atoms with E-state index in [9.17, 15) is 4.39 Å². The van der Waals surface area contributed by atoms with Crippen molar-refractivity contribution in [1.82, 2.24) is 34.5 Å². The summed E-state index contributed by atoms with van der Waals surface area (Å²) in [6, 6.07) is 0.210. The number of ether oxygens (including phenoxy) is 1. The topological polar surface area (TPSA) is 119 Å². The molecule has 2 N–H and O–H groups in total. The van der Waals surface area contributed by atoms with Crippen LogP contribution in [0.15, 0.2) is 24.9 Å². The fourth-order valence-corrected chi connectivity index (χ4v) is 3.28. The summed E-state index contributed by atoms with van der Waals surface area (Å²) in [6.45, 7) is 4.47. The predicted octanol–water partition coefficient (Wildman–Crippen LogP) is 2.09. The van der Waals surface area contributed by atoms with Gasteiger partial charge in [-0.25, -0.2) is 19.3 Å². The first-order valence-electron chi connectivity index (χ1n) is 10.3. The van der Waals surface area contributed by atoms with Crippen molar-refractivity contribution in [3.05, 3.63) is 36.6 Å². The molecule has 1 atom stereocenters. The minimum Gasteiger partial charge on any atom is -0.378 e. The first kappa shape index (κ1) is 19.5. The molecule has 1 saturated heterocycles. The van der Waals surface area contributed by atoms with Gasteiger partial charge in [0.25, 0.3) is 0 Å². The summed E-state index contributed by atoms with van der Waals surface area (Å²) >= 11 is 0. The number of aromatic nitrogens is 7. The van der Waals surface area contributed by atoms with E-state index in [1.54, 1.807) is 0 Å². The van der Waals surface area contributed by atoms with Crippen LogP contribution in [0.2, 0.25) is 0 Å². The van der Waals surface area contributed by atoms with Crippen molar-refractivity contribution >= 4 is 23.7 Å². The second kappa shape index (κ2) is 8.38. The zero-order valence-corrected chi connectivity index (χ0v) is 17.1. The summed E-state index contributed by atoms with van der Waals surface area (Å²) in [7, 11) is 0. The molecular formula is C19H23FN10O. The van der Waals surface area contributed by atoms with Crippen LogP contribution in [0.3, 0.4) is 0 Å². The monoisotopic (exact) mass is 426 g/mol. The molecule has 3 aromatic rings. The highest BCUT2D eigenvalue weighted by Crippen LogP contribution is 2.35. The van der Waals surface area contributed by atoms with Gasteiger partial charge in [-0.3, -0.25) is 0 Å². The van der Waals surface area contributed by atoms with Crippen LogP contribution in [-0.2, 0) is 4.74 Å². The average molecular weight is 426 g/mol. The van der Waals surface area contributed by atoms with Crippen LogP contribution in [0.5, 0.6) is 0 Å². The first-order valence-corrected chi connectivity index (χ1v) is 10.3. The van der Waals surface area contributed by atoms with E-state index in [1.807, 2.05) is 24.3 Å². The van der Waals surface area contributed by atoms with E-state index in [0.717, 1.165) is 12.4 Å². The van der Waals surface area contributed by atoms with E-state index in [4.69, 9.17) is 4.74 Å². The molecule has 1 aliphatic heterocycles. The molecule has 5 rings (SSSR count). The Morgan fingerprint density at radius 3 is 2.55 bits per heavy atom. The summed E-state index contributed by atoms with van der Waals surface area (Å²) in [5, 5.41) is 6.36. The molecule has 162 valence electrons. The standard InChI is InChI=1S/C19H23FN10O/c1-12(16-21-8-13(20)9-22-16)24-17-26-18(25-15-10-30(11-23-15)14-2-3-14)28-19(27-17)29-4-6-31-7-5-29/h8-12,14H,2-7H2,1H3,(H2,24,25,26,27,28)/t12-/m0/s1. The largest absolute Gasteiger partial charge is 0.378 e. The van der Waals surface area contributed by atoms with Crippen molar-refractivity contribution in [3.63, 3.8) is 0 Å². The van der Waals surface area contributed by atoms with E-state index in [2.05, 4.69) is 45.1 Å². The Balaban J connectivity index is 1.39. The van der Waals surface area contributed by atoms with E-state index in [1.165, 1.54) is 12.8 Å². The summed E-state index contributed by atoms with van der Waals surface area (Å²) in [4.78, 5) is 28.1. The van der Waals surface area contributed by atoms with Crippen LogP contribution >= 0.6 is 0 Å². The number of rotatable bonds is 7. The van der Waals surface area contributed by atoms with Crippen LogP contribution in [0.1, 0.15) is 37.7 Å². The minimum atomic E-state index is -0.483. The van der Waals surface area contributed by atoms with Crippen LogP contribution in [0.25, 0.3) is 0 Å². The van der Waals surface area contributed by atoms with Gasteiger partial charge in [0.2, 0.25) is 17.8 Å². The van der Waals surface area contributed by atoms with Gasteiger partial charge in [-0.15, -0.1) is 0 Å². The molecule has 3 aromatic heterocycles. The molecule has 2 fully saturated rings. The number of hydrogen-bond donors (Lipinski definition) is 2. The number of nitrogens with zero attached hydrogens (tertiary/aromatic N) is 8. The van der Waals surface area contributed by atoms with Gasteiger partial charge in [0.05, 0.1) is 38.0 Å². The number of imidazole rings is 1. The Hall–Kier alpha value is -3.41. The van der Waals surface area contributed by atoms with Crippen molar-refractivity contribution in [1.29, 1.82) is 0 Å². The maximum atomic E-state index is 13.1. The van der Waals surface area contributed by atoms with Crippen LogP contribution in [0.4, 0.5) is 28.1 Å². The molecule has 31 heavy (non-hydrogen) atoms. The highest BCUT2D eigenvalue weighted by Gasteiger charge is 2.24. The fourth-order valence-electron chi connectivity index (χ4n) is 3.28. The normalized spacial score (nSPS) is 17.4. The van der Waals surface area contributed by atoms with Gasteiger partial charge in [0.15, 0.2) is 11.6 Å². The Morgan fingerprint density at radius 1 is 1.06 bits per heavy atom. The van der Waals surface area contributed by atoms with Crippen LogP contribution < -0.4 is 15.5 Å². The Labute approximate surface area is 178 Å². The van der Waals surface area contributed by atoms with Gasteiger partial charge in [-0.2, -0.15) is 15.0 Å². The third-order valence-electron chi connectivity index (χ3n) is 5.10. The lowest BCUT2D eigenvalue weighted by Crippen LogP contribution is -2.37. The third-order valence-corrected chi connectivity index (χ3v) is 5.10. The smallest absolute Gasteiger partial charge is 0.235 e. The Morgan fingerprint density at radius 2 is 1.81 bits per heavy atom. The van der Waals surface area contributed by atoms with E-state index in [-0.39, 0.29) is 6.04 Å². The van der Waals surface area contributed by atoms with Crippen molar-refractivity contribution in [3.8, 4) is 0 Å². The lowest BCUT2D eigenvalue weighted by atomic mass is 10.3. The molecule has 0 spiro atoms. The molecule has 11 nitrogen and oxygen atoms in total. The zero-order valence-electron chi connectivity index (χ0n) is 17.1. The number of halogens is 1. The zero-order chi connectivity index (χ0) is 21.2. The number of morpholine rings is 1. The molecule has 4 heterocycles. The fraction of sp³-hybridized carbons (Fsp3) is 0.474. The van der Waals surface area contributed by atoms with E-state index < -0.39 is 5.82 Å². The molecule has 0 radical (unpaired) electrons. The highest BCUT2D eigenvalue weighted by atomic mass is 19.1. The van der Waals surface area contributed by atoms with Gasteiger partial charge in [-0.1, -0.05) is 0 Å². The molecule has 1 saturated carbocycles. The van der Waals surface area contributed by atoms with Crippen LogP contribution in [-0.4, -0.2) is 60.8 Å². The second-order valence-electron chi connectivity index (χ2n) is 7.57. The molecule has 2 aliphatic rings. The maximum absolute atomic E-state index is 13.1. The molecular weight excluding hydrogens is 403 g/mol. The van der Waals surface area contributed by atoms with Crippen molar-refractivity contribution in [2.75, 3.05) is 41.8 Å². The molecule has 0 bridgehead atoms. The lowest BCUT2D eigenvalue weighted by molar-refractivity contribution is 0.122. The molecule has 0 aromatic carbocycles. The van der Waals surface area contributed by atoms with Gasteiger partial charge in [0, 0.05) is 25.3 Å². The highest BCUT2D eigenvalue weighted by molar-refractivity contribution is 5.52. The minimum absolute atomic E-state index is 0.331.